The van der Waals surface area contributed by atoms with Crippen molar-refractivity contribution >= 4 is 5.97 Å². The summed E-state index contributed by atoms with van der Waals surface area (Å²) in [5, 5.41) is 20.9. The molecule has 1 aromatic rings. The van der Waals surface area contributed by atoms with E-state index in [1.165, 1.54) is 31.1 Å². The van der Waals surface area contributed by atoms with Gasteiger partial charge in [0, 0.05) is 0 Å². The maximum absolute atomic E-state index is 12.9. The van der Waals surface area contributed by atoms with Gasteiger partial charge in [0.25, 0.3) is 0 Å². The lowest BCUT2D eigenvalue weighted by atomic mass is 9.32. The van der Waals surface area contributed by atoms with Crippen LogP contribution < -0.4 is 0 Å². The summed E-state index contributed by atoms with van der Waals surface area (Å²) in [6.07, 6.45) is 9.71. The highest BCUT2D eigenvalue weighted by Gasteiger charge is 2.68. The average Bonchev–Trinajstić information content (AvgIpc) is 2.80. The Morgan fingerprint density at radius 1 is 0.941 bits per heavy atom. The van der Waals surface area contributed by atoms with Crippen molar-refractivity contribution < 1.29 is 19.7 Å². The molecule has 0 bridgehead atoms. The number of phenols is 2. The zero-order valence-corrected chi connectivity index (χ0v) is 22.3. The molecule has 3 fully saturated rings. The van der Waals surface area contributed by atoms with Gasteiger partial charge in [-0.3, -0.25) is 4.79 Å². The van der Waals surface area contributed by atoms with Crippen LogP contribution in [0.15, 0.2) is 6.07 Å². The Hall–Kier alpha value is -1.71. The standard InChI is InChI=1S/C30H44O4/c1-18-19-8-9-22-28(4,20(19)16-21(31)24(18)32)13-15-30(6)23-17-27(3,25(33)34-7)11-10-26(23,2)12-14-29(22,30)5/h16,22-23,31-32H,8-15,17H2,1-7H3. The third-order valence-electron chi connectivity index (χ3n) is 12.4. The quantitative estimate of drug-likeness (QED) is 0.351. The number of hydrogen-bond acceptors (Lipinski definition) is 4. The lowest BCUT2D eigenvalue weighted by molar-refractivity contribution is -0.214. The molecule has 0 radical (unpaired) electrons. The van der Waals surface area contributed by atoms with Gasteiger partial charge in [-0.1, -0.05) is 27.7 Å². The van der Waals surface area contributed by atoms with Crippen molar-refractivity contribution in [2.75, 3.05) is 7.11 Å². The minimum atomic E-state index is -0.388. The molecule has 4 aliphatic carbocycles. The molecule has 4 aliphatic rings. The fourth-order valence-corrected chi connectivity index (χ4v) is 9.83. The van der Waals surface area contributed by atoms with Gasteiger partial charge in [0.1, 0.15) is 0 Å². The maximum Gasteiger partial charge on any atom is 0.311 e. The van der Waals surface area contributed by atoms with E-state index >= 15 is 0 Å². The molecule has 4 heteroatoms. The van der Waals surface area contributed by atoms with E-state index in [2.05, 4.69) is 34.6 Å². The van der Waals surface area contributed by atoms with Crippen molar-refractivity contribution in [3.8, 4) is 11.5 Å². The number of methoxy groups -OCH3 is 1. The smallest absolute Gasteiger partial charge is 0.311 e. The van der Waals surface area contributed by atoms with E-state index in [-0.39, 0.29) is 44.5 Å². The van der Waals surface area contributed by atoms with Crippen LogP contribution in [0.4, 0.5) is 0 Å². The van der Waals surface area contributed by atoms with Crippen molar-refractivity contribution in [3.63, 3.8) is 0 Å². The van der Waals surface area contributed by atoms with Crippen molar-refractivity contribution in [2.24, 2.45) is 33.5 Å². The van der Waals surface area contributed by atoms with E-state index in [4.69, 9.17) is 4.74 Å². The minimum Gasteiger partial charge on any atom is -0.504 e. The third-order valence-corrected chi connectivity index (χ3v) is 12.4. The van der Waals surface area contributed by atoms with Gasteiger partial charge in [0.05, 0.1) is 12.5 Å². The summed E-state index contributed by atoms with van der Waals surface area (Å²) in [6.45, 7) is 14.1. The normalized spacial score (nSPS) is 45.4. The molecular weight excluding hydrogens is 424 g/mol. The molecule has 34 heavy (non-hydrogen) atoms. The number of carbonyl (C=O) groups is 1. The molecule has 4 nitrogen and oxygen atoms in total. The Bertz CT molecular complexity index is 1050. The fraction of sp³-hybridized carbons (Fsp3) is 0.767. The van der Waals surface area contributed by atoms with Gasteiger partial charge in [-0.25, -0.2) is 0 Å². The molecule has 5 rings (SSSR count). The number of rotatable bonds is 1. The third kappa shape index (κ3) is 2.80. The maximum atomic E-state index is 12.9. The van der Waals surface area contributed by atoms with Gasteiger partial charge in [-0.05, 0) is 128 Å². The summed E-state index contributed by atoms with van der Waals surface area (Å²) in [7, 11) is 1.54. The molecule has 1 aromatic carbocycles. The van der Waals surface area contributed by atoms with Crippen molar-refractivity contribution in [1.82, 2.24) is 0 Å². The Morgan fingerprint density at radius 3 is 2.24 bits per heavy atom. The number of phenolic OH excluding ortho intramolecular Hbond substituents is 2. The SMILES string of the molecule is COC(=O)C1(C)CCC2(C)CCC3(C)C4CCc5c(cc(O)c(O)c5C)C4(C)CCC3(C)C2C1. The molecule has 0 amide bonds. The highest BCUT2D eigenvalue weighted by atomic mass is 16.5. The predicted molar refractivity (Wildman–Crippen MR) is 134 cm³/mol. The van der Waals surface area contributed by atoms with Gasteiger partial charge < -0.3 is 14.9 Å². The minimum absolute atomic E-state index is 0.00809. The van der Waals surface area contributed by atoms with Crippen LogP contribution in [0, 0.1) is 40.4 Å². The molecule has 2 N–H and O–H groups in total. The van der Waals surface area contributed by atoms with Crippen LogP contribution in [-0.2, 0) is 21.4 Å². The first-order valence-electron chi connectivity index (χ1n) is 13.4. The molecule has 0 spiro atoms. The molecule has 0 aliphatic heterocycles. The van der Waals surface area contributed by atoms with Gasteiger partial charge in [-0.2, -0.15) is 0 Å². The highest BCUT2D eigenvalue weighted by molar-refractivity contribution is 5.76. The summed E-state index contributed by atoms with van der Waals surface area (Å²) < 4.78 is 5.29. The summed E-state index contributed by atoms with van der Waals surface area (Å²) in [5.41, 5.74) is 3.57. The van der Waals surface area contributed by atoms with Crippen LogP contribution in [0.1, 0.15) is 103 Å². The number of benzene rings is 1. The Balaban J connectivity index is 1.59. The summed E-state index contributed by atoms with van der Waals surface area (Å²) in [6, 6.07) is 1.87. The van der Waals surface area contributed by atoms with Gasteiger partial charge >= 0.3 is 5.97 Å². The number of esters is 1. The number of fused-ring (bicyclic) bond motifs is 7. The molecule has 7 atom stereocenters. The largest absolute Gasteiger partial charge is 0.504 e. The van der Waals surface area contributed by atoms with Gasteiger partial charge in [0.15, 0.2) is 11.5 Å². The lowest BCUT2D eigenvalue weighted by Gasteiger charge is -2.72. The second kappa shape index (κ2) is 7.17. The molecule has 0 aromatic heterocycles. The van der Waals surface area contributed by atoms with Crippen LogP contribution in [0.5, 0.6) is 11.5 Å². The number of ether oxygens (including phenoxy) is 1. The van der Waals surface area contributed by atoms with Crippen LogP contribution in [0.2, 0.25) is 0 Å². The van der Waals surface area contributed by atoms with Crippen LogP contribution in [-0.4, -0.2) is 23.3 Å². The van der Waals surface area contributed by atoms with Crippen LogP contribution >= 0.6 is 0 Å². The second-order valence-electron chi connectivity index (χ2n) is 13.7. The van der Waals surface area contributed by atoms with E-state index in [1.807, 2.05) is 13.0 Å². The van der Waals surface area contributed by atoms with Gasteiger partial charge in [-0.15, -0.1) is 0 Å². The number of hydrogen-bond donors (Lipinski definition) is 2. The highest BCUT2D eigenvalue weighted by Crippen LogP contribution is 2.75. The molecular formula is C30H44O4. The van der Waals surface area contributed by atoms with Crippen molar-refractivity contribution in [3.05, 3.63) is 22.8 Å². The molecule has 0 saturated heterocycles. The molecule has 7 unspecified atom stereocenters. The zero-order chi connectivity index (χ0) is 24.9. The van der Waals surface area contributed by atoms with Crippen molar-refractivity contribution in [2.45, 2.75) is 105 Å². The first kappa shape index (κ1) is 24.0. The summed E-state index contributed by atoms with van der Waals surface area (Å²) in [5.74, 6) is 1.05. The second-order valence-corrected chi connectivity index (χ2v) is 13.7. The average molecular weight is 469 g/mol. The zero-order valence-electron chi connectivity index (χ0n) is 22.3. The first-order chi connectivity index (χ1) is 15.8. The Kier molecular flexibility index (Phi) is 5.06. The number of carbonyl (C=O) groups excluding carboxylic acids is 1. The van der Waals surface area contributed by atoms with Crippen LogP contribution in [0.25, 0.3) is 0 Å². The van der Waals surface area contributed by atoms with Crippen molar-refractivity contribution in [1.29, 1.82) is 0 Å². The van der Waals surface area contributed by atoms with E-state index < -0.39 is 0 Å². The van der Waals surface area contributed by atoms with E-state index in [1.54, 1.807) is 0 Å². The lowest BCUT2D eigenvalue weighted by Crippen LogP contribution is -2.65. The predicted octanol–water partition coefficient (Wildman–Crippen LogP) is 6.81. The van der Waals surface area contributed by atoms with E-state index in [9.17, 15) is 15.0 Å². The Labute approximate surface area is 205 Å². The topological polar surface area (TPSA) is 66.8 Å². The summed E-state index contributed by atoms with van der Waals surface area (Å²) in [4.78, 5) is 12.9. The molecule has 188 valence electrons. The van der Waals surface area contributed by atoms with E-state index in [0.717, 1.165) is 50.5 Å². The van der Waals surface area contributed by atoms with Crippen LogP contribution in [0.3, 0.4) is 0 Å². The first-order valence-corrected chi connectivity index (χ1v) is 13.4. The Morgan fingerprint density at radius 2 is 1.56 bits per heavy atom. The van der Waals surface area contributed by atoms with E-state index in [0.29, 0.717) is 11.8 Å². The number of aromatic hydroxyl groups is 2. The monoisotopic (exact) mass is 468 g/mol. The fourth-order valence-electron chi connectivity index (χ4n) is 9.83. The molecule has 0 heterocycles. The summed E-state index contributed by atoms with van der Waals surface area (Å²) >= 11 is 0. The van der Waals surface area contributed by atoms with Gasteiger partial charge in [0.2, 0.25) is 0 Å². The molecule has 3 saturated carbocycles.